The quantitative estimate of drug-likeness (QED) is 0.420. The highest BCUT2D eigenvalue weighted by atomic mass is 19.1. The Morgan fingerprint density at radius 2 is 1.71 bits per heavy atom. The van der Waals surface area contributed by atoms with Gasteiger partial charge in [0.1, 0.15) is 17.3 Å². The summed E-state index contributed by atoms with van der Waals surface area (Å²) in [5.41, 5.74) is 2.13. The molecule has 0 aromatic heterocycles. The monoisotopic (exact) mass is 426 g/mol. The van der Waals surface area contributed by atoms with Gasteiger partial charge < -0.3 is 20.0 Å². The maximum absolute atomic E-state index is 13.5. The second-order valence-electron chi connectivity index (χ2n) is 8.15. The Labute approximate surface area is 181 Å². The van der Waals surface area contributed by atoms with E-state index in [1.807, 2.05) is 32.8 Å². The molecule has 0 aliphatic carbocycles. The van der Waals surface area contributed by atoms with E-state index < -0.39 is 29.3 Å². The molecule has 1 amide bonds. The maximum atomic E-state index is 13.5. The van der Waals surface area contributed by atoms with Gasteiger partial charge in [-0.25, -0.2) is 4.39 Å². The molecule has 164 valence electrons. The summed E-state index contributed by atoms with van der Waals surface area (Å²) in [5, 5.41) is 21.5. The molecule has 0 bridgehead atoms. The smallest absolute Gasteiger partial charge is 0.295 e. The van der Waals surface area contributed by atoms with E-state index in [4.69, 9.17) is 0 Å². The van der Waals surface area contributed by atoms with Crippen LogP contribution in [0.25, 0.3) is 5.76 Å². The number of aliphatic hydroxyl groups is 1. The lowest BCUT2D eigenvalue weighted by Gasteiger charge is -2.26. The lowest BCUT2D eigenvalue weighted by Crippen LogP contribution is -2.32. The molecular weight excluding hydrogens is 399 g/mol. The van der Waals surface area contributed by atoms with Gasteiger partial charge in [-0.1, -0.05) is 12.1 Å². The molecule has 0 saturated carbocycles. The van der Waals surface area contributed by atoms with Gasteiger partial charge in [-0.15, -0.1) is 0 Å². The third-order valence-corrected chi connectivity index (χ3v) is 5.60. The van der Waals surface area contributed by atoms with Crippen LogP contribution >= 0.6 is 0 Å². The fraction of sp³-hybridized carbons (Fsp3) is 0.333. The normalized spacial score (nSPS) is 18.3. The van der Waals surface area contributed by atoms with Crippen LogP contribution in [0, 0.1) is 19.7 Å². The van der Waals surface area contributed by atoms with Crippen molar-refractivity contribution in [3.8, 4) is 5.75 Å². The number of hydrogen-bond donors (Lipinski definition) is 2. The number of nitrogens with zero attached hydrogens (tertiary/aromatic N) is 2. The molecule has 0 spiro atoms. The molecule has 2 aromatic rings. The molecule has 0 unspecified atom stereocenters. The minimum atomic E-state index is -0.872. The minimum Gasteiger partial charge on any atom is -0.507 e. The van der Waals surface area contributed by atoms with E-state index in [0.29, 0.717) is 25.1 Å². The molecule has 7 heteroatoms. The van der Waals surface area contributed by atoms with Crippen molar-refractivity contribution < 1.29 is 24.2 Å². The van der Waals surface area contributed by atoms with E-state index in [2.05, 4.69) is 0 Å². The number of phenolic OH excluding ortho intramolecular Hbond substituents is 1. The van der Waals surface area contributed by atoms with Gasteiger partial charge in [-0.2, -0.15) is 0 Å². The van der Waals surface area contributed by atoms with Crippen molar-refractivity contribution in [2.75, 3.05) is 27.2 Å². The zero-order valence-electron chi connectivity index (χ0n) is 18.1. The number of aliphatic hydroxyl groups excluding tert-OH is 1. The number of benzene rings is 2. The van der Waals surface area contributed by atoms with Crippen LogP contribution in [0.1, 0.15) is 34.7 Å². The average Bonchev–Trinajstić information content (AvgIpc) is 2.95. The number of amides is 1. The van der Waals surface area contributed by atoms with Crippen molar-refractivity contribution in [2.24, 2.45) is 0 Å². The number of carbonyl (C=O) groups excluding carboxylic acids is 2. The first kappa shape index (κ1) is 22.5. The van der Waals surface area contributed by atoms with Crippen molar-refractivity contribution in [2.45, 2.75) is 26.3 Å². The summed E-state index contributed by atoms with van der Waals surface area (Å²) in [6.07, 6.45) is 0.618. The van der Waals surface area contributed by atoms with Crippen LogP contribution in [0.2, 0.25) is 0 Å². The Kier molecular flexibility index (Phi) is 6.45. The number of likely N-dealkylation sites (tertiary alicyclic amines) is 1. The van der Waals surface area contributed by atoms with Gasteiger partial charge in [-0.05, 0) is 81.9 Å². The van der Waals surface area contributed by atoms with Crippen molar-refractivity contribution in [1.82, 2.24) is 9.80 Å². The first-order chi connectivity index (χ1) is 14.6. The Hall–Kier alpha value is -3.19. The molecular formula is C24H27FN2O4. The number of carbonyl (C=O) groups is 2. The fourth-order valence-electron chi connectivity index (χ4n) is 3.80. The summed E-state index contributed by atoms with van der Waals surface area (Å²) >= 11 is 0. The number of aromatic hydroxyl groups is 1. The van der Waals surface area contributed by atoms with Crippen LogP contribution in [0.15, 0.2) is 42.0 Å². The number of aryl methyl sites for hydroxylation is 2. The topological polar surface area (TPSA) is 81.1 Å². The molecule has 1 fully saturated rings. The van der Waals surface area contributed by atoms with E-state index in [1.54, 1.807) is 6.07 Å². The lowest BCUT2D eigenvalue weighted by molar-refractivity contribution is -0.139. The van der Waals surface area contributed by atoms with Crippen molar-refractivity contribution in [3.05, 3.63) is 70.0 Å². The van der Waals surface area contributed by atoms with Gasteiger partial charge in [-0.3, -0.25) is 9.59 Å². The highest BCUT2D eigenvalue weighted by Crippen LogP contribution is 2.41. The van der Waals surface area contributed by atoms with E-state index in [9.17, 15) is 24.2 Å². The van der Waals surface area contributed by atoms with Crippen LogP contribution in [-0.2, 0) is 9.59 Å². The Balaban J connectivity index is 2.15. The summed E-state index contributed by atoms with van der Waals surface area (Å²) in [6, 6.07) is 7.72. The Morgan fingerprint density at radius 1 is 1.10 bits per heavy atom. The molecule has 1 aliphatic heterocycles. The fourth-order valence-corrected chi connectivity index (χ4v) is 3.80. The minimum absolute atomic E-state index is 0.0847. The molecule has 6 nitrogen and oxygen atoms in total. The zero-order valence-corrected chi connectivity index (χ0v) is 18.1. The van der Waals surface area contributed by atoms with Gasteiger partial charge in [0.15, 0.2) is 0 Å². The lowest BCUT2D eigenvalue weighted by atomic mass is 9.94. The SMILES string of the molecule is Cc1cc(O)c(C(O)=C2C(=O)C(=O)N(CCCN(C)C)[C@@H]2c2ccc(F)cc2)cc1C. The zero-order chi connectivity index (χ0) is 22.9. The second-order valence-corrected chi connectivity index (χ2v) is 8.15. The molecule has 3 rings (SSSR count). The summed E-state index contributed by atoms with van der Waals surface area (Å²) in [5.74, 6) is -2.62. The van der Waals surface area contributed by atoms with Crippen LogP contribution in [0.5, 0.6) is 5.75 Å². The Morgan fingerprint density at radius 3 is 2.32 bits per heavy atom. The molecule has 1 atom stereocenters. The highest BCUT2D eigenvalue weighted by Gasteiger charge is 2.46. The first-order valence-electron chi connectivity index (χ1n) is 10.1. The second kappa shape index (κ2) is 8.89. The van der Waals surface area contributed by atoms with Crippen molar-refractivity contribution >= 4 is 17.4 Å². The van der Waals surface area contributed by atoms with Gasteiger partial charge in [0.2, 0.25) is 0 Å². The Bertz CT molecular complexity index is 1040. The number of hydrogen-bond acceptors (Lipinski definition) is 5. The molecule has 0 radical (unpaired) electrons. The van der Waals surface area contributed by atoms with Gasteiger partial charge in [0.25, 0.3) is 11.7 Å². The molecule has 1 aliphatic rings. The van der Waals surface area contributed by atoms with E-state index in [1.165, 1.54) is 35.2 Å². The van der Waals surface area contributed by atoms with Gasteiger partial charge in [0.05, 0.1) is 17.2 Å². The molecule has 31 heavy (non-hydrogen) atoms. The number of ketones is 1. The van der Waals surface area contributed by atoms with E-state index >= 15 is 0 Å². The van der Waals surface area contributed by atoms with Gasteiger partial charge >= 0.3 is 0 Å². The van der Waals surface area contributed by atoms with E-state index in [0.717, 1.165) is 11.1 Å². The van der Waals surface area contributed by atoms with Crippen molar-refractivity contribution in [3.63, 3.8) is 0 Å². The number of phenols is 1. The first-order valence-corrected chi connectivity index (χ1v) is 10.1. The number of Topliss-reactive ketones (excluding diaryl/α,β-unsaturated/α-hetero) is 1. The summed E-state index contributed by atoms with van der Waals surface area (Å²) in [4.78, 5) is 29.2. The third kappa shape index (κ3) is 4.46. The number of halogens is 1. The molecule has 2 N–H and O–H groups in total. The van der Waals surface area contributed by atoms with Gasteiger partial charge in [0, 0.05) is 6.54 Å². The summed E-state index contributed by atoms with van der Waals surface area (Å²) < 4.78 is 13.5. The summed E-state index contributed by atoms with van der Waals surface area (Å²) in [6.45, 7) is 4.64. The van der Waals surface area contributed by atoms with Crippen LogP contribution in [0.4, 0.5) is 4.39 Å². The van der Waals surface area contributed by atoms with Crippen LogP contribution in [-0.4, -0.2) is 58.9 Å². The average molecular weight is 426 g/mol. The number of rotatable bonds is 6. The standard InChI is InChI=1S/C24H27FN2O4/c1-14-12-18(19(28)13-15(14)2)22(29)20-21(16-6-8-17(25)9-7-16)27(24(31)23(20)30)11-5-10-26(3)4/h6-9,12-13,21,28-29H,5,10-11H2,1-4H3/t21-/m1/s1. The highest BCUT2D eigenvalue weighted by molar-refractivity contribution is 6.46. The molecule has 1 saturated heterocycles. The van der Waals surface area contributed by atoms with Crippen molar-refractivity contribution in [1.29, 1.82) is 0 Å². The molecule has 1 heterocycles. The van der Waals surface area contributed by atoms with Crippen LogP contribution < -0.4 is 0 Å². The third-order valence-electron chi connectivity index (χ3n) is 5.60. The largest absolute Gasteiger partial charge is 0.507 e. The predicted octanol–water partition coefficient (Wildman–Crippen LogP) is 3.52. The van der Waals surface area contributed by atoms with E-state index in [-0.39, 0.29) is 16.9 Å². The van der Waals surface area contributed by atoms with Crippen LogP contribution in [0.3, 0.4) is 0 Å². The molecule has 2 aromatic carbocycles. The summed E-state index contributed by atoms with van der Waals surface area (Å²) in [7, 11) is 3.82. The predicted molar refractivity (Wildman–Crippen MR) is 116 cm³/mol. The maximum Gasteiger partial charge on any atom is 0.295 e.